The van der Waals surface area contributed by atoms with E-state index in [2.05, 4.69) is 4.98 Å². The average molecular weight is 437 g/mol. The average Bonchev–Trinajstić information content (AvgIpc) is 3.45. The van der Waals surface area contributed by atoms with Crippen LogP contribution in [-0.2, 0) is 21.4 Å². The number of halogens is 1. The molecule has 0 unspecified atom stereocenters. The van der Waals surface area contributed by atoms with Crippen LogP contribution in [0.25, 0.3) is 11.3 Å². The molecule has 1 amide bonds. The monoisotopic (exact) mass is 436 g/mol. The first kappa shape index (κ1) is 21.0. The first-order chi connectivity index (χ1) is 14.4. The highest BCUT2D eigenvalue weighted by molar-refractivity contribution is 7.86. The van der Waals surface area contributed by atoms with Crippen molar-refractivity contribution in [2.45, 2.75) is 25.7 Å². The molecule has 0 saturated carbocycles. The Morgan fingerprint density at radius 1 is 1.00 bits per heavy atom. The molecule has 0 radical (unpaired) electrons. The summed E-state index contributed by atoms with van der Waals surface area (Å²) in [4.78, 5) is 18.4. The van der Waals surface area contributed by atoms with Crippen LogP contribution in [0.15, 0.2) is 34.9 Å². The van der Waals surface area contributed by atoms with Gasteiger partial charge in [-0.2, -0.15) is 17.0 Å². The van der Waals surface area contributed by atoms with Crippen LogP contribution >= 0.6 is 0 Å². The SMILES string of the molecule is O=C(CCc1ncc(-c2ccc(F)cc2)o1)N1CCN(S(=O)(=O)N2CCCC2)CC1. The summed E-state index contributed by atoms with van der Waals surface area (Å²) in [6, 6.07) is 5.93. The molecule has 2 aromatic rings. The number of benzene rings is 1. The second-order valence-electron chi connectivity index (χ2n) is 7.52. The smallest absolute Gasteiger partial charge is 0.282 e. The molecular weight excluding hydrogens is 411 g/mol. The highest BCUT2D eigenvalue weighted by atomic mass is 32.2. The third-order valence-corrected chi connectivity index (χ3v) is 7.58. The summed E-state index contributed by atoms with van der Waals surface area (Å²) < 4.78 is 47.0. The number of piperazine rings is 1. The van der Waals surface area contributed by atoms with E-state index in [0.29, 0.717) is 57.3 Å². The summed E-state index contributed by atoms with van der Waals surface area (Å²) in [5.74, 6) is 0.600. The number of carbonyl (C=O) groups excluding carboxylic acids is 1. The summed E-state index contributed by atoms with van der Waals surface area (Å²) in [6.07, 6.45) is 3.96. The van der Waals surface area contributed by atoms with E-state index in [4.69, 9.17) is 4.42 Å². The molecule has 0 aliphatic carbocycles. The van der Waals surface area contributed by atoms with Gasteiger partial charge in [0.1, 0.15) is 5.82 Å². The van der Waals surface area contributed by atoms with Gasteiger partial charge in [-0.25, -0.2) is 9.37 Å². The molecule has 0 N–H and O–H groups in total. The molecule has 2 aliphatic heterocycles. The molecule has 30 heavy (non-hydrogen) atoms. The first-order valence-electron chi connectivity index (χ1n) is 10.2. The van der Waals surface area contributed by atoms with E-state index < -0.39 is 10.2 Å². The van der Waals surface area contributed by atoms with Crippen LogP contribution in [0.4, 0.5) is 4.39 Å². The Morgan fingerprint density at radius 3 is 2.30 bits per heavy atom. The van der Waals surface area contributed by atoms with Crippen molar-refractivity contribution in [1.82, 2.24) is 18.5 Å². The topological polar surface area (TPSA) is 87.0 Å². The largest absolute Gasteiger partial charge is 0.441 e. The quantitative estimate of drug-likeness (QED) is 0.690. The van der Waals surface area contributed by atoms with E-state index in [1.165, 1.54) is 20.7 Å². The van der Waals surface area contributed by atoms with Gasteiger partial charge in [0, 0.05) is 57.7 Å². The van der Waals surface area contributed by atoms with Crippen molar-refractivity contribution >= 4 is 16.1 Å². The van der Waals surface area contributed by atoms with E-state index in [1.807, 2.05) is 0 Å². The molecule has 2 fully saturated rings. The van der Waals surface area contributed by atoms with Crippen molar-refractivity contribution in [2.75, 3.05) is 39.3 Å². The minimum Gasteiger partial charge on any atom is -0.441 e. The van der Waals surface area contributed by atoms with E-state index >= 15 is 0 Å². The van der Waals surface area contributed by atoms with E-state index in [9.17, 15) is 17.6 Å². The van der Waals surface area contributed by atoms with Gasteiger partial charge in [-0.3, -0.25) is 4.79 Å². The predicted octanol–water partition coefficient (Wildman–Crippen LogP) is 1.90. The van der Waals surface area contributed by atoms with Crippen molar-refractivity contribution in [3.63, 3.8) is 0 Å². The molecule has 2 saturated heterocycles. The van der Waals surface area contributed by atoms with Gasteiger partial charge >= 0.3 is 0 Å². The van der Waals surface area contributed by atoms with Crippen LogP contribution in [0.5, 0.6) is 0 Å². The fraction of sp³-hybridized carbons (Fsp3) is 0.500. The Bertz CT molecular complexity index is 978. The zero-order valence-corrected chi connectivity index (χ0v) is 17.5. The van der Waals surface area contributed by atoms with Crippen LogP contribution in [0.2, 0.25) is 0 Å². The highest BCUT2D eigenvalue weighted by Gasteiger charge is 2.34. The number of aryl methyl sites for hydroxylation is 1. The van der Waals surface area contributed by atoms with Crippen molar-refractivity contribution in [2.24, 2.45) is 0 Å². The number of hydrogen-bond donors (Lipinski definition) is 0. The van der Waals surface area contributed by atoms with Crippen LogP contribution in [0.3, 0.4) is 0 Å². The van der Waals surface area contributed by atoms with Crippen LogP contribution in [0.1, 0.15) is 25.2 Å². The Balaban J connectivity index is 1.27. The minimum atomic E-state index is -3.41. The maximum absolute atomic E-state index is 13.0. The maximum atomic E-state index is 13.0. The Morgan fingerprint density at radius 2 is 1.63 bits per heavy atom. The number of oxazole rings is 1. The summed E-state index contributed by atoms with van der Waals surface area (Å²) in [7, 11) is -3.41. The van der Waals surface area contributed by atoms with E-state index in [1.54, 1.807) is 23.2 Å². The van der Waals surface area contributed by atoms with Gasteiger partial charge in [0.2, 0.25) is 5.91 Å². The van der Waals surface area contributed by atoms with Crippen molar-refractivity contribution < 1.29 is 22.0 Å². The Labute approximate surface area is 175 Å². The van der Waals surface area contributed by atoms with E-state index in [-0.39, 0.29) is 18.1 Å². The normalized spacial score (nSPS) is 18.8. The lowest BCUT2D eigenvalue weighted by molar-refractivity contribution is -0.132. The molecule has 4 rings (SSSR count). The standard InChI is InChI=1S/C20H25FN4O4S/c21-17-5-3-16(4-6-17)18-15-22-19(29-18)7-8-20(26)23-11-13-25(14-12-23)30(27,28)24-9-1-2-10-24/h3-6,15H,1-2,7-14H2. The first-order valence-corrected chi connectivity index (χ1v) is 11.6. The second-order valence-corrected chi connectivity index (χ2v) is 9.45. The van der Waals surface area contributed by atoms with Crippen molar-refractivity contribution in [3.05, 3.63) is 42.2 Å². The van der Waals surface area contributed by atoms with Gasteiger partial charge in [-0.1, -0.05) is 0 Å². The number of hydrogen-bond acceptors (Lipinski definition) is 5. The molecule has 3 heterocycles. The zero-order valence-electron chi connectivity index (χ0n) is 16.7. The van der Waals surface area contributed by atoms with E-state index in [0.717, 1.165) is 18.4 Å². The number of nitrogens with zero attached hydrogens (tertiary/aromatic N) is 4. The highest BCUT2D eigenvalue weighted by Crippen LogP contribution is 2.22. The molecule has 1 aromatic heterocycles. The summed E-state index contributed by atoms with van der Waals surface area (Å²) in [6.45, 7) is 2.57. The third kappa shape index (κ3) is 4.55. The second kappa shape index (κ2) is 8.83. The van der Waals surface area contributed by atoms with Crippen LogP contribution in [0, 0.1) is 5.82 Å². The predicted molar refractivity (Wildman–Crippen MR) is 108 cm³/mol. The lowest BCUT2D eigenvalue weighted by atomic mass is 10.2. The molecular formula is C20H25FN4O4S. The van der Waals surface area contributed by atoms with Gasteiger partial charge in [-0.05, 0) is 37.1 Å². The number of rotatable bonds is 6. The molecule has 10 heteroatoms. The molecule has 2 aliphatic rings. The lowest BCUT2D eigenvalue weighted by Crippen LogP contribution is -2.53. The fourth-order valence-corrected chi connectivity index (χ4v) is 5.47. The zero-order chi connectivity index (χ0) is 21.1. The minimum absolute atomic E-state index is 0.0465. The summed E-state index contributed by atoms with van der Waals surface area (Å²) in [5.41, 5.74) is 0.719. The maximum Gasteiger partial charge on any atom is 0.282 e. The molecule has 8 nitrogen and oxygen atoms in total. The number of carbonyl (C=O) groups is 1. The van der Waals surface area contributed by atoms with Gasteiger partial charge in [-0.15, -0.1) is 0 Å². The fourth-order valence-electron chi connectivity index (χ4n) is 3.80. The van der Waals surface area contributed by atoms with Crippen molar-refractivity contribution in [1.29, 1.82) is 0 Å². The number of aromatic nitrogens is 1. The van der Waals surface area contributed by atoms with Gasteiger partial charge in [0.25, 0.3) is 10.2 Å². The molecule has 1 aromatic carbocycles. The van der Waals surface area contributed by atoms with Crippen LogP contribution in [-0.4, -0.2) is 72.1 Å². The Hall–Kier alpha value is -2.30. The Kier molecular flexibility index (Phi) is 6.16. The lowest BCUT2D eigenvalue weighted by Gasteiger charge is -2.35. The number of amides is 1. The summed E-state index contributed by atoms with van der Waals surface area (Å²) in [5, 5.41) is 0. The van der Waals surface area contributed by atoms with Gasteiger partial charge < -0.3 is 9.32 Å². The van der Waals surface area contributed by atoms with Crippen molar-refractivity contribution in [3.8, 4) is 11.3 Å². The molecule has 0 atom stereocenters. The molecule has 0 bridgehead atoms. The van der Waals surface area contributed by atoms with Gasteiger partial charge in [0.15, 0.2) is 11.7 Å². The van der Waals surface area contributed by atoms with Crippen LogP contribution < -0.4 is 0 Å². The van der Waals surface area contributed by atoms with Gasteiger partial charge in [0.05, 0.1) is 6.20 Å². The molecule has 0 spiro atoms. The molecule has 162 valence electrons. The third-order valence-electron chi connectivity index (χ3n) is 5.54. The summed E-state index contributed by atoms with van der Waals surface area (Å²) >= 11 is 0.